The molecular formula is C19H21BrN2O3. The van der Waals surface area contributed by atoms with Crippen molar-refractivity contribution in [1.82, 2.24) is 10.6 Å². The van der Waals surface area contributed by atoms with E-state index in [4.69, 9.17) is 4.74 Å². The van der Waals surface area contributed by atoms with Crippen molar-refractivity contribution in [2.45, 2.75) is 12.8 Å². The number of carbonyl (C=O) groups excluding carboxylic acids is 2. The van der Waals surface area contributed by atoms with Crippen LogP contribution < -0.4 is 15.4 Å². The molecule has 0 aromatic heterocycles. The number of amides is 2. The number of carbonyl (C=O) groups is 2. The molecule has 2 N–H and O–H groups in total. The van der Waals surface area contributed by atoms with Crippen LogP contribution in [-0.4, -0.2) is 32.0 Å². The van der Waals surface area contributed by atoms with E-state index >= 15 is 0 Å². The van der Waals surface area contributed by atoms with Crippen LogP contribution in [0.3, 0.4) is 0 Å². The molecule has 2 rings (SSSR count). The van der Waals surface area contributed by atoms with Crippen LogP contribution in [0.5, 0.6) is 5.75 Å². The number of ether oxygens (including phenoxy) is 1. The third-order valence-electron chi connectivity index (χ3n) is 3.63. The van der Waals surface area contributed by atoms with Crippen molar-refractivity contribution < 1.29 is 14.3 Å². The number of hydrogen-bond donors (Lipinski definition) is 2. The molecule has 0 saturated carbocycles. The van der Waals surface area contributed by atoms with Crippen molar-refractivity contribution in [3.05, 3.63) is 64.1 Å². The van der Waals surface area contributed by atoms with Gasteiger partial charge in [0.15, 0.2) is 0 Å². The average molecular weight is 405 g/mol. The smallest absolute Gasteiger partial charge is 0.251 e. The standard InChI is InChI=1S/C19H21BrN2O3/c1-25-17-9-7-14(13-16(17)20)8-10-18(23)21-11-12-22-19(24)15-5-3-2-4-6-15/h2-7,9,13H,8,10-12H2,1H3,(H,21,23)(H,22,24). The van der Waals surface area contributed by atoms with Crippen LogP contribution in [0.15, 0.2) is 53.0 Å². The molecule has 25 heavy (non-hydrogen) atoms. The van der Waals surface area contributed by atoms with Crippen LogP contribution in [0.1, 0.15) is 22.3 Å². The highest BCUT2D eigenvalue weighted by Crippen LogP contribution is 2.25. The minimum Gasteiger partial charge on any atom is -0.496 e. The van der Waals surface area contributed by atoms with Gasteiger partial charge in [-0.15, -0.1) is 0 Å². The number of halogens is 1. The Hall–Kier alpha value is -2.34. The van der Waals surface area contributed by atoms with Crippen LogP contribution in [0.4, 0.5) is 0 Å². The summed E-state index contributed by atoms with van der Waals surface area (Å²) in [4.78, 5) is 23.7. The maximum Gasteiger partial charge on any atom is 0.251 e. The van der Waals surface area contributed by atoms with Crippen LogP contribution in [0, 0.1) is 0 Å². The van der Waals surface area contributed by atoms with Gasteiger partial charge in [0.25, 0.3) is 5.91 Å². The number of nitrogens with one attached hydrogen (secondary N) is 2. The summed E-state index contributed by atoms with van der Waals surface area (Å²) in [6.45, 7) is 0.803. The first-order valence-electron chi connectivity index (χ1n) is 8.02. The average Bonchev–Trinajstić information content (AvgIpc) is 2.64. The Kier molecular flexibility index (Phi) is 7.47. The van der Waals surface area contributed by atoms with E-state index in [9.17, 15) is 9.59 Å². The van der Waals surface area contributed by atoms with Gasteiger partial charge < -0.3 is 15.4 Å². The zero-order valence-corrected chi connectivity index (χ0v) is 15.6. The highest BCUT2D eigenvalue weighted by atomic mass is 79.9. The second-order valence-electron chi connectivity index (χ2n) is 5.44. The summed E-state index contributed by atoms with van der Waals surface area (Å²) in [6, 6.07) is 14.8. The maximum absolute atomic E-state index is 11.9. The fourth-order valence-corrected chi connectivity index (χ4v) is 2.87. The number of aryl methyl sites for hydroxylation is 1. The summed E-state index contributed by atoms with van der Waals surface area (Å²) < 4.78 is 6.05. The predicted octanol–water partition coefficient (Wildman–Crippen LogP) is 2.94. The minimum atomic E-state index is -0.141. The summed E-state index contributed by atoms with van der Waals surface area (Å²) in [7, 11) is 1.61. The molecule has 0 heterocycles. The fourth-order valence-electron chi connectivity index (χ4n) is 2.28. The molecular weight excluding hydrogens is 384 g/mol. The first-order valence-corrected chi connectivity index (χ1v) is 8.82. The van der Waals surface area contributed by atoms with Crippen LogP contribution in [0.2, 0.25) is 0 Å². The first kappa shape index (κ1) is 19.0. The van der Waals surface area contributed by atoms with Crippen molar-refractivity contribution in [3.8, 4) is 5.75 Å². The summed E-state index contributed by atoms with van der Waals surface area (Å²) in [6.07, 6.45) is 1.04. The third-order valence-corrected chi connectivity index (χ3v) is 4.25. The van der Waals surface area contributed by atoms with Crippen LogP contribution in [0.25, 0.3) is 0 Å². The van der Waals surface area contributed by atoms with Gasteiger partial charge in [-0.25, -0.2) is 0 Å². The van der Waals surface area contributed by atoms with E-state index in [1.54, 1.807) is 19.2 Å². The van der Waals surface area contributed by atoms with E-state index in [1.807, 2.05) is 36.4 Å². The highest BCUT2D eigenvalue weighted by molar-refractivity contribution is 9.10. The van der Waals surface area contributed by atoms with Gasteiger partial charge in [0.1, 0.15) is 5.75 Å². The minimum absolute atomic E-state index is 0.0408. The Labute approximate surface area is 155 Å². The number of benzene rings is 2. The van der Waals surface area contributed by atoms with Gasteiger partial charge in [0.05, 0.1) is 11.6 Å². The molecule has 132 valence electrons. The molecule has 0 saturated heterocycles. The van der Waals surface area contributed by atoms with Gasteiger partial charge in [-0.05, 0) is 52.2 Å². The lowest BCUT2D eigenvalue weighted by Gasteiger charge is -2.08. The van der Waals surface area contributed by atoms with Crippen molar-refractivity contribution in [2.24, 2.45) is 0 Å². The second-order valence-corrected chi connectivity index (χ2v) is 6.30. The maximum atomic E-state index is 11.9. The summed E-state index contributed by atoms with van der Waals surface area (Å²) in [5.41, 5.74) is 1.67. The lowest BCUT2D eigenvalue weighted by molar-refractivity contribution is -0.121. The molecule has 0 radical (unpaired) electrons. The van der Waals surface area contributed by atoms with Gasteiger partial charge >= 0.3 is 0 Å². The van der Waals surface area contributed by atoms with Gasteiger partial charge in [-0.1, -0.05) is 24.3 Å². The van der Waals surface area contributed by atoms with E-state index in [2.05, 4.69) is 26.6 Å². The molecule has 0 aliphatic rings. The summed E-state index contributed by atoms with van der Waals surface area (Å²) >= 11 is 3.43. The van der Waals surface area contributed by atoms with E-state index in [0.29, 0.717) is 31.5 Å². The van der Waals surface area contributed by atoms with Crippen LogP contribution >= 0.6 is 15.9 Å². The Bertz CT molecular complexity index is 720. The topological polar surface area (TPSA) is 67.4 Å². The zero-order valence-electron chi connectivity index (χ0n) is 14.0. The second kappa shape index (κ2) is 9.84. The molecule has 2 aromatic rings. The molecule has 0 fully saturated rings. The Balaban J connectivity index is 1.66. The SMILES string of the molecule is COc1ccc(CCC(=O)NCCNC(=O)c2ccccc2)cc1Br. The molecule has 2 amide bonds. The molecule has 0 unspecified atom stereocenters. The zero-order chi connectivity index (χ0) is 18.1. The monoisotopic (exact) mass is 404 g/mol. The van der Waals surface area contributed by atoms with Gasteiger partial charge in [0.2, 0.25) is 5.91 Å². The summed E-state index contributed by atoms with van der Waals surface area (Å²) in [5, 5.41) is 5.58. The van der Waals surface area contributed by atoms with Crippen molar-refractivity contribution in [3.63, 3.8) is 0 Å². The summed E-state index contributed by atoms with van der Waals surface area (Å²) in [5.74, 6) is 0.584. The fraction of sp³-hybridized carbons (Fsp3) is 0.263. The molecule has 5 nitrogen and oxygen atoms in total. The van der Waals surface area contributed by atoms with E-state index < -0.39 is 0 Å². The lowest BCUT2D eigenvalue weighted by atomic mass is 10.1. The van der Waals surface area contributed by atoms with E-state index in [1.165, 1.54) is 0 Å². The molecule has 2 aromatic carbocycles. The molecule has 0 spiro atoms. The number of hydrogen-bond acceptors (Lipinski definition) is 3. The Morgan fingerprint density at radius 1 is 1.04 bits per heavy atom. The molecule has 0 aliphatic heterocycles. The normalized spacial score (nSPS) is 10.2. The predicted molar refractivity (Wildman–Crippen MR) is 101 cm³/mol. The third kappa shape index (κ3) is 6.23. The highest BCUT2D eigenvalue weighted by Gasteiger charge is 2.06. The van der Waals surface area contributed by atoms with E-state index in [-0.39, 0.29) is 11.8 Å². The Morgan fingerprint density at radius 2 is 1.76 bits per heavy atom. The quantitative estimate of drug-likeness (QED) is 0.664. The van der Waals surface area contributed by atoms with Gasteiger partial charge in [-0.3, -0.25) is 9.59 Å². The first-order chi connectivity index (χ1) is 12.1. The van der Waals surface area contributed by atoms with Crippen molar-refractivity contribution >= 4 is 27.7 Å². The number of methoxy groups -OCH3 is 1. The van der Waals surface area contributed by atoms with Gasteiger partial charge in [-0.2, -0.15) is 0 Å². The largest absolute Gasteiger partial charge is 0.496 e. The van der Waals surface area contributed by atoms with Crippen LogP contribution in [-0.2, 0) is 11.2 Å². The molecule has 0 bridgehead atoms. The molecule has 0 aliphatic carbocycles. The van der Waals surface area contributed by atoms with Gasteiger partial charge in [0, 0.05) is 25.1 Å². The molecule has 0 atom stereocenters. The van der Waals surface area contributed by atoms with Crippen molar-refractivity contribution in [2.75, 3.05) is 20.2 Å². The van der Waals surface area contributed by atoms with E-state index in [0.717, 1.165) is 15.8 Å². The Morgan fingerprint density at radius 3 is 2.44 bits per heavy atom. The molecule has 6 heteroatoms. The van der Waals surface area contributed by atoms with Crippen molar-refractivity contribution in [1.29, 1.82) is 0 Å². The number of rotatable bonds is 8. The lowest BCUT2D eigenvalue weighted by Crippen LogP contribution is -2.34.